The predicted molar refractivity (Wildman–Crippen MR) is 260 cm³/mol. The Hall–Kier alpha value is -8.27. The normalized spacial score (nSPS) is 11.5. The van der Waals surface area contributed by atoms with Crippen LogP contribution in [0.3, 0.4) is 0 Å². The second-order valence-corrected chi connectivity index (χ2v) is 15.9. The van der Waals surface area contributed by atoms with Gasteiger partial charge in [-0.1, -0.05) is 200 Å². The number of hydrogen-bond acceptors (Lipinski definition) is 3. The van der Waals surface area contributed by atoms with E-state index in [0.29, 0.717) is 5.82 Å². The van der Waals surface area contributed by atoms with E-state index < -0.39 is 0 Å². The van der Waals surface area contributed by atoms with Crippen LogP contribution in [0.4, 0.5) is 0 Å². The lowest BCUT2D eigenvalue weighted by atomic mass is 9.89. The SMILES string of the molecule is c1ccc(-c2ccc(-c3nc(-c4ccc(-c5ccc(-c6cc7c(-c8ccc9ccccc9c8)nc8ccccc8c7c7ccccc67)cc5)cc4)c4ccccc4n3)cc2)cc1. The van der Waals surface area contributed by atoms with Crippen molar-refractivity contribution >= 4 is 54.1 Å². The van der Waals surface area contributed by atoms with Crippen molar-refractivity contribution in [2.24, 2.45) is 0 Å². The van der Waals surface area contributed by atoms with Gasteiger partial charge in [-0.2, -0.15) is 0 Å². The van der Waals surface area contributed by atoms with Gasteiger partial charge in [0.1, 0.15) is 0 Å². The summed E-state index contributed by atoms with van der Waals surface area (Å²) in [5, 5.41) is 9.46. The number of nitrogens with zero attached hydrogens (tertiary/aromatic N) is 3. The smallest absolute Gasteiger partial charge is 0.160 e. The van der Waals surface area contributed by atoms with Gasteiger partial charge in [0.25, 0.3) is 0 Å². The Bertz CT molecular complexity index is 3650. The highest BCUT2D eigenvalue weighted by Gasteiger charge is 2.18. The molecule has 0 spiro atoms. The number of para-hydroxylation sites is 2. The summed E-state index contributed by atoms with van der Waals surface area (Å²) >= 11 is 0. The third kappa shape index (κ3) is 6.18. The molecule has 0 aliphatic rings. The number of rotatable bonds is 6. The molecular weight excluding hydrogens is 751 g/mol. The molecule has 3 heteroatoms. The molecule has 0 amide bonds. The number of aromatic nitrogens is 3. The molecule has 0 aliphatic heterocycles. The second kappa shape index (κ2) is 14.8. The third-order valence-corrected chi connectivity index (χ3v) is 12.3. The monoisotopic (exact) mass is 787 g/mol. The van der Waals surface area contributed by atoms with Crippen LogP contribution < -0.4 is 0 Å². The number of fused-ring (bicyclic) bond motifs is 7. The lowest BCUT2D eigenvalue weighted by Crippen LogP contribution is -1.95. The lowest BCUT2D eigenvalue weighted by molar-refractivity contribution is 1.23. The lowest BCUT2D eigenvalue weighted by Gasteiger charge is -2.16. The molecule has 0 N–H and O–H groups in total. The van der Waals surface area contributed by atoms with Gasteiger partial charge in [0.05, 0.1) is 22.4 Å². The fourth-order valence-electron chi connectivity index (χ4n) is 9.14. The zero-order valence-corrected chi connectivity index (χ0v) is 33.7. The minimum atomic E-state index is 0.715. The molecule has 0 saturated carbocycles. The Kier molecular flexibility index (Phi) is 8.50. The zero-order valence-electron chi connectivity index (χ0n) is 33.7. The fraction of sp³-hybridized carbons (Fsp3) is 0. The first kappa shape index (κ1) is 35.7. The summed E-state index contributed by atoms with van der Waals surface area (Å²) in [6, 6.07) is 80.0. The summed E-state index contributed by atoms with van der Waals surface area (Å²) in [7, 11) is 0. The standard InChI is InChI=1S/C59H37N3/c1-2-12-38(13-3-1)40-26-33-45(34-27-40)59-61-55-21-11-9-19-51(55)57(62-59)44-31-24-42(25-32-44)41-22-29-43(30-23-41)52-37-53-56(49-17-7-6-16-48(49)52)50-18-8-10-20-54(50)60-58(53)47-35-28-39-14-4-5-15-46(39)36-47/h1-37H. The molecule has 288 valence electrons. The quantitative estimate of drug-likeness (QED) is 0.158. The average Bonchev–Trinajstić information content (AvgIpc) is 3.35. The molecule has 2 heterocycles. The van der Waals surface area contributed by atoms with E-state index in [9.17, 15) is 0 Å². The van der Waals surface area contributed by atoms with E-state index in [-0.39, 0.29) is 0 Å². The molecule has 0 bridgehead atoms. The number of pyridine rings is 1. The maximum absolute atomic E-state index is 5.35. The highest BCUT2D eigenvalue weighted by Crippen LogP contribution is 2.42. The Morgan fingerprint density at radius 3 is 1.44 bits per heavy atom. The molecule has 0 radical (unpaired) electrons. The van der Waals surface area contributed by atoms with Crippen LogP contribution in [-0.2, 0) is 0 Å². The second-order valence-electron chi connectivity index (χ2n) is 15.9. The van der Waals surface area contributed by atoms with Crippen molar-refractivity contribution in [3.8, 4) is 67.3 Å². The Balaban J connectivity index is 0.918. The van der Waals surface area contributed by atoms with Crippen molar-refractivity contribution in [3.05, 3.63) is 224 Å². The van der Waals surface area contributed by atoms with Gasteiger partial charge in [-0.25, -0.2) is 15.0 Å². The minimum Gasteiger partial charge on any atom is -0.247 e. The maximum atomic E-state index is 5.35. The van der Waals surface area contributed by atoms with Crippen LogP contribution in [-0.4, -0.2) is 15.0 Å². The molecule has 2 aromatic heterocycles. The van der Waals surface area contributed by atoms with E-state index in [1.807, 2.05) is 12.1 Å². The first-order valence-corrected chi connectivity index (χ1v) is 21.1. The van der Waals surface area contributed by atoms with Crippen LogP contribution in [0.15, 0.2) is 224 Å². The van der Waals surface area contributed by atoms with Crippen molar-refractivity contribution in [2.75, 3.05) is 0 Å². The first-order valence-electron chi connectivity index (χ1n) is 21.1. The maximum Gasteiger partial charge on any atom is 0.160 e. The largest absolute Gasteiger partial charge is 0.247 e. The highest BCUT2D eigenvalue weighted by atomic mass is 14.9. The van der Waals surface area contributed by atoms with E-state index in [0.717, 1.165) is 72.0 Å². The summed E-state index contributed by atoms with van der Waals surface area (Å²) in [6.45, 7) is 0. The Morgan fingerprint density at radius 2 is 0.726 bits per heavy atom. The molecule has 3 nitrogen and oxygen atoms in total. The molecule has 0 fully saturated rings. The van der Waals surface area contributed by atoms with Gasteiger partial charge in [0.15, 0.2) is 5.82 Å². The summed E-state index contributed by atoms with van der Waals surface area (Å²) in [6.07, 6.45) is 0. The molecule has 12 aromatic rings. The molecule has 0 atom stereocenters. The van der Waals surface area contributed by atoms with Crippen LogP contribution in [0, 0.1) is 0 Å². The van der Waals surface area contributed by atoms with Crippen LogP contribution in [0.5, 0.6) is 0 Å². The van der Waals surface area contributed by atoms with Crippen LogP contribution in [0.1, 0.15) is 0 Å². The van der Waals surface area contributed by atoms with E-state index in [1.54, 1.807) is 0 Å². The first-order chi connectivity index (χ1) is 30.7. The van der Waals surface area contributed by atoms with Crippen LogP contribution >= 0.6 is 0 Å². The highest BCUT2D eigenvalue weighted by molar-refractivity contribution is 6.25. The average molecular weight is 788 g/mol. The molecular formula is C59H37N3. The summed E-state index contributed by atoms with van der Waals surface area (Å²) in [5.74, 6) is 0.715. The molecule has 0 saturated heterocycles. The van der Waals surface area contributed by atoms with Gasteiger partial charge in [0.2, 0.25) is 0 Å². The fourth-order valence-corrected chi connectivity index (χ4v) is 9.14. The number of benzene rings is 10. The van der Waals surface area contributed by atoms with Gasteiger partial charge >= 0.3 is 0 Å². The van der Waals surface area contributed by atoms with Gasteiger partial charge in [-0.15, -0.1) is 0 Å². The Morgan fingerprint density at radius 1 is 0.242 bits per heavy atom. The summed E-state index contributed by atoms with van der Waals surface area (Å²) in [4.78, 5) is 15.5. The van der Waals surface area contributed by atoms with E-state index in [1.165, 1.54) is 43.6 Å². The molecule has 10 aromatic carbocycles. The molecule has 12 rings (SSSR count). The van der Waals surface area contributed by atoms with Crippen molar-refractivity contribution in [3.63, 3.8) is 0 Å². The zero-order chi connectivity index (χ0) is 41.0. The van der Waals surface area contributed by atoms with Crippen molar-refractivity contribution in [1.82, 2.24) is 15.0 Å². The number of hydrogen-bond donors (Lipinski definition) is 0. The van der Waals surface area contributed by atoms with Gasteiger partial charge in [-0.3, -0.25) is 0 Å². The van der Waals surface area contributed by atoms with Crippen LogP contribution in [0.25, 0.3) is 121 Å². The molecule has 0 unspecified atom stereocenters. The molecule has 0 aliphatic carbocycles. The predicted octanol–water partition coefficient (Wildman–Crippen LogP) is 15.6. The van der Waals surface area contributed by atoms with Crippen molar-refractivity contribution in [2.45, 2.75) is 0 Å². The van der Waals surface area contributed by atoms with Crippen LogP contribution in [0.2, 0.25) is 0 Å². The Labute approximate surface area is 359 Å². The summed E-state index contributed by atoms with van der Waals surface area (Å²) in [5.41, 5.74) is 14.0. The van der Waals surface area contributed by atoms with E-state index in [4.69, 9.17) is 15.0 Å². The van der Waals surface area contributed by atoms with E-state index in [2.05, 4.69) is 212 Å². The van der Waals surface area contributed by atoms with Gasteiger partial charge in [-0.05, 0) is 79.2 Å². The van der Waals surface area contributed by atoms with Gasteiger partial charge < -0.3 is 0 Å². The topological polar surface area (TPSA) is 38.7 Å². The van der Waals surface area contributed by atoms with Crippen molar-refractivity contribution < 1.29 is 0 Å². The van der Waals surface area contributed by atoms with E-state index >= 15 is 0 Å². The third-order valence-electron chi connectivity index (χ3n) is 12.3. The summed E-state index contributed by atoms with van der Waals surface area (Å²) < 4.78 is 0. The molecule has 62 heavy (non-hydrogen) atoms. The minimum absolute atomic E-state index is 0.715. The van der Waals surface area contributed by atoms with Gasteiger partial charge in [0, 0.05) is 38.2 Å². The van der Waals surface area contributed by atoms with Crippen molar-refractivity contribution in [1.29, 1.82) is 0 Å².